The van der Waals surface area contributed by atoms with Crippen LogP contribution in [0.2, 0.25) is 0 Å². The van der Waals surface area contributed by atoms with E-state index in [1.165, 1.54) is 18.2 Å². The van der Waals surface area contributed by atoms with Gasteiger partial charge >= 0.3 is 5.97 Å². The number of hydrogen-bond donors (Lipinski definition) is 1. The first kappa shape index (κ1) is 11.7. The maximum atomic E-state index is 12.8. The second-order valence-corrected chi connectivity index (χ2v) is 3.08. The quantitative estimate of drug-likeness (QED) is 0.774. The number of carbonyl (C=O) groups is 1. The first-order valence-corrected chi connectivity index (χ1v) is 4.72. The minimum atomic E-state index is -1.01. The molecule has 1 unspecified atom stereocenters. The lowest BCUT2D eigenvalue weighted by atomic mass is 10.1. The van der Waals surface area contributed by atoms with E-state index in [0.29, 0.717) is 5.56 Å². The molecule has 0 radical (unpaired) electrons. The molecule has 1 N–H and O–H groups in total. The van der Waals surface area contributed by atoms with Gasteiger partial charge in [-0.2, -0.15) is 0 Å². The van der Waals surface area contributed by atoms with Gasteiger partial charge in [0.15, 0.2) is 0 Å². The first-order chi connectivity index (χ1) is 7.13. The Kier molecular flexibility index (Phi) is 4.24. The fourth-order valence-electron chi connectivity index (χ4n) is 1.21. The van der Waals surface area contributed by atoms with Crippen molar-refractivity contribution in [3.63, 3.8) is 0 Å². The van der Waals surface area contributed by atoms with E-state index in [2.05, 4.69) is 4.74 Å². The van der Waals surface area contributed by atoms with E-state index < -0.39 is 17.9 Å². The summed E-state index contributed by atoms with van der Waals surface area (Å²) in [6.07, 6.45) is -1.17. The summed E-state index contributed by atoms with van der Waals surface area (Å²) in [5.41, 5.74) is 0.378. The van der Waals surface area contributed by atoms with Crippen molar-refractivity contribution in [3.8, 4) is 0 Å². The van der Waals surface area contributed by atoms with E-state index in [1.54, 1.807) is 13.0 Å². The third kappa shape index (κ3) is 3.67. The molecular weight excluding hydrogens is 199 g/mol. The molecule has 0 aliphatic heterocycles. The Balaban J connectivity index is 2.60. The molecule has 1 aromatic carbocycles. The SMILES string of the molecule is CCOC(=O)CC(O)c1cccc(F)c1. The van der Waals surface area contributed by atoms with Crippen LogP contribution in [0.1, 0.15) is 25.0 Å². The smallest absolute Gasteiger partial charge is 0.308 e. The van der Waals surface area contributed by atoms with Crippen LogP contribution in [0.15, 0.2) is 24.3 Å². The zero-order chi connectivity index (χ0) is 11.3. The minimum Gasteiger partial charge on any atom is -0.466 e. The van der Waals surface area contributed by atoms with E-state index in [0.717, 1.165) is 0 Å². The van der Waals surface area contributed by atoms with Crippen molar-refractivity contribution in [1.82, 2.24) is 0 Å². The van der Waals surface area contributed by atoms with Crippen molar-refractivity contribution in [3.05, 3.63) is 35.6 Å². The predicted octanol–water partition coefficient (Wildman–Crippen LogP) is 1.81. The van der Waals surface area contributed by atoms with Gasteiger partial charge in [-0.1, -0.05) is 12.1 Å². The Bertz CT molecular complexity index is 338. The molecule has 0 spiro atoms. The topological polar surface area (TPSA) is 46.5 Å². The second-order valence-electron chi connectivity index (χ2n) is 3.08. The summed E-state index contributed by atoms with van der Waals surface area (Å²) in [5.74, 6) is -0.926. The lowest BCUT2D eigenvalue weighted by Crippen LogP contribution is -2.10. The Morgan fingerprint density at radius 3 is 2.93 bits per heavy atom. The van der Waals surface area contributed by atoms with Crippen LogP contribution >= 0.6 is 0 Å². The van der Waals surface area contributed by atoms with Gasteiger partial charge in [0.2, 0.25) is 0 Å². The highest BCUT2D eigenvalue weighted by Gasteiger charge is 2.13. The molecule has 0 aromatic heterocycles. The van der Waals surface area contributed by atoms with Crippen LogP contribution in [0.4, 0.5) is 4.39 Å². The van der Waals surface area contributed by atoms with Crippen LogP contribution in [-0.4, -0.2) is 17.7 Å². The Morgan fingerprint density at radius 1 is 1.60 bits per heavy atom. The molecule has 0 amide bonds. The van der Waals surface area contributed by atoms with E-state index in [9.17, 15) is 14.3 Å². The number of benzene rings is 1. The number of carbonyl (C=O) groups excluding carboxylic acids is 1. The van der Waals surface area contributed by atoms with Gasteiger partial charge in [-0.25, -0.2) is 4.39 Å². The highest BCUT2D eigenvalue weighted by molar-refractivity contribution is 5.70. The molecule has 4 heteroatoms. The van der Waals surface area contributed by atoms with Gasteiger partial charge < -0.3 is 9.84 Å². The van der Waals surface area contributed by atoms with Crippen molar-refractivity contribution >= 4 is 5.97 Å². The van der Waals surface area contributed by atoms with Gasteiger partial charge in [0.25, 0.3) is 0 Å². The normalized spacial score (nSPS) is 12.2. The van der Waals surface area contributed by atoms with Gasteiger partial charge in [-0.3, -0.25) is 4.79 Å². The number of aliphatic hydroxyl groups is 1. The molecule has 3 nitrogen and oxygen atoms in total. The highest BCUT2D eigenvalue weighted by Crippen LogP contribution is 2.17. The summed E-state index contributed by atoms with van der Waals surface area (Å²) >= 11 is 0. The minimum absolute atomic E-state index is 0.155. The van der Waals surface area contributed by atoms with Crippen LogP contribution in [-0.2, 0) is 9.53 Å². The monoisotopic (exact) mass is 212 g/mol. The lowest BCUT2D eigenvalue weighted by molar-refractivity contribution is -0.145. The molecular formula is C11H13FO3. The molecule has 1 rings (SSSR count). The van der Waals surface area contributed by atoms with Gasteiger partial charge in [0.05, 0.1) is 19.1 Å². The maximum absolute atomic E-state index is 12.8. The van der Waals surface area contributed by atoms with E-state index in [1.807, 2.05) is 0 Å². The second kappa shape index (κ2) is 5.46. The zero-order valence-corrected chi connectivity index (χ0v) is 8.44. The van der Waals surface area contributed by atoms with Crippen molar-refractivity contribution in [2.45, 2.75) is 19.4 Å². The first-order valence-electron chi connectivity index (χ1n) is 4.72. The molecule has 0 heterocycles. The van der Waals surface area contributed by atoms with Gasteiger partial charge in [-0.15, -0.1) is 0 Å². The van der Waals surface area contributed by atoms with Crippen LogP contribution < -0.4 is 0 Å². The average Bonchev–Trinajstić information content (AvgIpc) is 2.18. The van der Waals surface area contributed by atoms with Crippen LogP contribution in [0.3, 0.4) is 0 Å². The average molecular weight is 212 g/mol. The maximum Gasteiger partial charge on any atom is 0.308 e. The third-order valence-corrected chi connectivity index (χ3v) is 1.90. The van der Waals surface area contributed by atoms with Crippen LogP contribution in [0.5, 0.6) is 0 Å². The van der Waals surface area contributed by atoms with Crippen LogP contribution in [0, 0.1) is 5.82 Å². The number of halogens is 1. The highest BCUT2D eigenvalue weighted by atomic mass is 19.1. The standard InChI is InChI=1S/C11H13FO3/c1-2-15-11(14)7-10(13)8-4-3-5-9(12)6-8/h3-6,10,13H,2,7H2,1H3. The Labute approximate surface area is 87.5 Å². The Morgan fingerprint density at radius 2 is 2.33 bits per heavy atom. The van der Waals surface area contributed by atoms with E-state index >= 15 is 0 Å². The summed E-state index contributed by atoms with van der Waals surface area (Å²) in [4.78, 5) is 11.0. The van der Waals surface area contributed by atoms with Crippen LogP contribution in [0.25, 0.3) is 0 Å². The van der Waals surface area contributed by atoms with Gasteiger partial charge in [0.1, 0.15) is 5.82 Å². The third-order valence-electron chi connectivity index (χ3n) is 1.90. The number of ether oxygens (including phenoxy) is 1. The molecule has 1 atom stereocenters. The van der Waals surface area contributed by atoms with Gasteiger partial charge in [-0.05, 0) is 24.6 Å². The zero-order valence-electron chi connectivity index (χ0n) is 8.44. The molecule has 0 fully saturated rings. The molecule has 0 aliphatic carbocycles. The number of aliphatic hydroxyl groups excluding tert-OH is 1. The molecule has 0 saturated heterocycles. The van der Waals surface area contributed by atoms with Crippen molar-refractivity contribution in [1.29, 1.82) is 0 Å². The summed E-state index contributed by atoms with van der Waals surface area (Å²) in [5, 5.41) is 9.57. The molecule has 0 saturated carbocycles. The summed E-state index contributed by atoms with van der Waals surface area (Å²) in [6.45, 7) is 1.96. The number of hydrogen-bond acceptors (Lipinski definition) is 3. The van der Waals surface area contributed by atoms with E-state index in [4.69, 9.17) is 0 Å². The van der Waals surface area contributed by atoms with Gasteiger partial charge in [0, 0.05) is 0 Å². The predicted molar refractivity (Wildman–Crippen MR) is 52.6 cm³/mol. The van der Waals surface area contributed by atoms with E-state index in [-0.39, 0.29) is 13.0 Å². The fourth-order valence-corrected chi connectivity index (χ4v) is 1.21. The summed E-state index contributed by atoms with van der Waals surface area (Å²) in [7, 11) is 0. The molecule has 1 aromatic rings. The number of esters is 1. The largest absolute Gasteiger partial charge is 0.466 e. The van der Waals surface area contributed by atoms with Crippen molar-refractivity contribution < 1.29 is 19.0 Å². The number of rotatable bonds is 4. The summed E-state index contributed by atoms with van der Waals surface area (Å²) in [6, 6.07) is 5.52. The molecule has 0 aliphatic rings. The lowest BCUT2D eigenvalue weighted by Gasteiger charge is -2.09. The van der Waals surface area contributed by atoms with Crippen molar-refractivity contribution in [2.24, 2.45) is 0 Å². The van der Waals surface area contributed by atoms with Crippen molar-refractivity contribution in [2.75, 3.05) is 6.61 Å². The molecule has 15 heavy (non-hydrogen) atoms. The molecule has 82 valence electrons. The molecule has 0 bridgehead atoms. The fraction of sp³-hybridized carbons (Fsp3) is 0.364. The summed E-state index contributed by atoms with van der Waals surface area (Å²) < 4.78 is 17.5. The Hall–Kier alpha value is -1.42.